The van der Waals surface area contributed by atoms with Gasteiger partial charge in [-0.25, -0.2) is 9.13 Å². The van der Waals surface area contributed by atoms with Crippen LogP contribution in [0.2, 0.25) is 0 Å². The Balaban J connectivity index is 5.24. The Hall–Kier alpha value is -1.94. The highest BCUT2D eigenvalue weighted by molar-refractivity contribution is 7.47. The molecule has 0 amide bonds. The molecule has 0 aliphatic carbocycles. The molecular weight excluding hydrogens is 1160 g/mol. The Bertz CT molecular complexity index is 1730. The molecule has 0 aliphatic rings. The Morgan fingerprint density at radius 2 is 0.580 bits per heavy atom. The normalized spacial score (nSPS) is 14.5. The van der Waals surface area contributed by atoms with Gasteiger partial charge in [0.05, 0.1) is 26.4 Å². The zero-order chi connectivity index (χ0) is 65.2. The summed E-state index contributed by atoms with van der Waals surface area (Å²) < 4.78 is 68.2. The van der Waals surface area contributed by atoms with Gasteiger partial charge in [0, 0.05) is 25.7 Å². The van der Waals surface area contributed by atoms with Gasteiger partial charge in [-0.1, -0.05) is 292 Å². The molecule has 522 valence electrons. The molecule has 17 nitrogen and oxygen atoms in total. The predicted octanol–water partition coefficient (Wildman–Crippen LogP) is 19.5. The summed E-state index contributed by atoms with van der Waals surface area (Å²) in [7, 11) is -9.90. The van der Waals surface area contributed by atoms with E-state index in [1.807, 2.05) is 0 Å². The number of hydrogen-bond acceptors (Lipinski definition) is 15. The molecule has 0 aromatic heterocycles. The molecule has 0 heterocycles. The third kappa shape index (κ3) is 61.6. The van der Waals surface area contributed by atoms with E-state index in [-0.39, 0.29) is 25.7 Å². The Morgan fingerprint density at radius 1 is 0.330 bits per heavy atom. The number of hydrogen-bond donors (Lipinski definition) is 3. The van der Waals surface area contributed by atoms with Gasteiger partial charge in [-0.05, 0) is 43.4 Å². The summed E-state index contributed by atoms with van der Waals surface area (Å²) in [5.74, 6) is 0.0832. The van der Waals surface area contributed by atoms with Gasteiger partial charge in [-0.15, -0.1) is 0 Å². The van der Waals surface area contributed by atoms with Crippen molar-refractivity contribution >= 4 is 39.5 Å². The SMILES string of the molecule is CCCCCCCCCCCCCCC(=O)OC[C@H](COP(=O)(O)OC[C@@H](O)COP(=O)(O)OC[C@@H](COC(=O)CCCCCCCCC(C)CC)OC(=O)CCCCCCCCCC(C)C)OC(=O)CCCCCCCCCCCCCCCC(C)C. The first-order valence-corrected chi connectivity index (χ1v) is 38.9. The lowest BCUT2D eigenvalue weighted by Gasteiger charge is -2.21. The summed E-state index contributed by atoms with van der Waals surface area (Å²) in [5, 5.41) is 10.6. The molecule has 0 aliphatic heterocycles. The fourth-order valence-electron chi connectivity index (χ4n) is 10.3. The van der Waals surface area contributed by atoms with Gasteiger partial charge in [0.15, 0.2) is 12.2 Å². The molecule has 0 rings (SSSR count). The number of rotatable bonds is 67. The maximum Gasteiger partial charge on any atom is 0.472 e. The van der Waals surface area contributed by atoms with Gasteiger partial charge < -0.3 is 33.8 Å². The van der Waals surface area contributed by atoms with Crippen molar-refractivity contribution in [1.29, 1.82) is 0 Å². The minimum absolute atomic E-state index is 0.102. The minimum Gasteiger partial charge on any atom is -0.462 e. The fraction of sp³-hybridized carbons (Fsp3) is 0.942. The van der Waals surface area contributed by atoms with Crippen molar-refractivity contribution in [3.8, 4) is 0 Å². The quantitative estimate of drug-likeness (QED) is 0.0222. The van der Waals surface area contributed by atoms with Crippen LogP contribution in [0.4, 0.5) is 0 Å². The predicted molar refractivity (Wildman–Crippen MR) is 354 cm³/mol. The van der Waals surface area contributed by atoms with Crippen molar-refractivity contribution < 1.29 is 80.2 Å². The molecule has 0 aromatic carbocycles. The van der Waals surface area contributed by atoms with Crippen LogP contribution in [0, 0.1) is 17.8 Å². The molecule has 0 aromatic rings. The van der Waals surface area contributed by atoms with Gasteiger partial charge in [0.1, 0.15) is 19.3 Å². The van der Waals surface area contributed by atoms with Crippen molar-refractivity contribution in [1.82, 2.24) is 0 Å². The van der Waals surface area contributed by atoms with Crippen molar-refractivity contribution in [2.75, 3.05) is 39.6 Å². The van der Waals surface area contributed by atoms with E-state index in [2.05, 4.69) is 48.5 Å². The molecule has 3 unspecified atom stereocenters. The van der Waals surface area contributed by atoms with Gasteiger partial charge in [0.2, 0.25) is 0 Å². The summed E-state index contributed by atoms with van der Waals surface area (Å²) in [4.78, 5) is 72.4. The van der Waals surface area contributed by atoms with Gasteiger partial charge in [-0.2, -0.15) is 0 Å². The number of phosphoric acid groups is 2. The van der Waals surface area contributed by atoms with E-state index in [4.69, 9.17) is 37.0 Å². The lowest BCUT2D eigenvalue weighted by atomic mass is 10.00. The second-order valence-corrected chi connectivity index (χ2v) is 29.0. The van der Waals surface area contributed by atoms with E-state index in [1.54, 1.807) is 0 Å². The van der Waals surface area contributed by atoms with Crippen LogP contribution >= 0.6 is 15.6 Å². The van der Waals surface area contributed by atoms with E-state index >= 15 is 0 Å². The number of aliphatic hydroxyl groups is 1. The first-order valence-electron chi connectivity index (χ1n) is 35.9. The van der Waals surface area contributed by atoms with Crippen LogP contribution in [-0.2, 0) is 65.4 Å². The summed E-state index contributed by atoms with van der Waals surface area (Å²) in [5.41, 5.74) is 0. The third-order valence-corrected chi connectivity index (χ3v) is 18.1. The number of esters is 4. The summed E-state index contributed by atoms with van der Waals surface area (Å²) in [6.07, 6.45) is 43.1. The number of phosphoric ester groups is 2. The van der Waals surface area contributed by atoms with Crippen LogP contribution in [0.5, 0.6) is 0 Å². The molecule has 6 atom stereocenters. The molecular formula is C69H134O17P2. The Labute approximate surface area is 537 Å². The molecule has 0 bridgehead atoms. The molecule has 0 saturated carbocycles. The zero-order valence-electron chi connectivity index (χ0n) is 57.2. The molecule has 0 spiro atoms. The smallest absolute Gasteiger partial charge is 0.462 e. The number of ether oxygens (including phenoxy) is 4. The van der Waals surface area contributed by atoms with Crippen LogP contribution in [0.15, 0.2) is 0 Å². The summed E-state index contributed by atoms with van der Waals surface area (Å²) in [6, 6.07) is 0. The zero-order valence-corrected chi connectivity index (χ0v) is 59.0. The summed E-state index contributed by atoms with van der Waals surface area (Å²) in [6.45, 7) is 11.8. The maximum absolute atomic E-state index is 13.0. The second-order valence-electron chi connectivity index (χ2n) is 26.1. The highest BCUT2D eigenvalue weighted by Gasteiger charge is 2.30. The van der Waals surface area contributed by atoms with Gasteiger partial charge >= 0.3 is 39.5 Å². The van der Waals surface area contributed by atoms with E-state index in [9.17, 15) is 43.2 Å². The fourth-order valence-corrected chi connectivity index (χ4v) is 11.9. The van der Waals surface area contributed by atoms with Gasteiger partial charge in [0.25, 0.3) is 0 Å². The van der Waals surface area contributed by atoms with E-state index < -0.39 is 97.5 Å². The Morgan fingerprint density at radius 3 is 0.864 bits per heavy atom. The monoisotopic (exact) mass is 1300 g/mol. The highest BCUT2D eigenvalue weighted by Crippen LogP contribution is 2.45. The van der Waals surface area contributed by atoms with Crippen molar-refractivity contribution in [3.05, 3.63) is 0 Å². The van der Waals surface area contributed by atoms with Crippen LogP contribution in [0.25, 0.3) is 0 Å². The lowest BCUT2D eigenvalue weighted by Crippen LogP contribution is -2.30. The van der Waals surface area contributed by atoms with Gasteiger partial charge in [-0.3, -0.25) is 37.3 Å². The van der Waals surface area contributed by atoms with Crippen molar-refractivity contribution in [2.24, 2.45) is 17.8 Å². The largest absolute Gasteiger partial charge is 0.472 e. The molecule has 0 radical (unpaired) electrons. The second kappa shape index (κ2) is 60.0. The number of unbranched alkanes of at least 4 members (excludes halogenated alkanes) is 34. The van der Waals surface area contributed by atoms with E-state index in [1.165, 1.54) is 148 Å². The third-order valence-electron chi connectivity index (χ3n) is 16.2. The van der Waals surface area contributed by atoms with Crippen LogP contribution < -0.4 is 0 Å². The average Bonchev–Trinajstić information content (AvgIpc) is 3.59. The molecule has 0 fully saturated rings. The van der Waals surface area contributed by atoms with Crippen LogP contribution in [0.1, 0.15) is 344 Å². The Kier molecular flexibility index (Phi) is 58.7. The maximum atomic E-state index is 13.0. The average molecular weight is 1300 g/mol. The number of carbonyl (C=O) groups excluding carboxylic acids is 4. The first kappa shape index (κ1) is 86.1. The van der Waals surface area contributed by atoms with Crippen LogP contribution in [-0.4, -0.2) is 96.7 Å². The van der Waals surface area contributed by atoms with Crippen molar-refractivity contribution in [3.63, 3.8) is 0 Å². The molecule has 19 heteroatoms. The highest BCUT2D eigenvalue weighted by atomic mass is 31.2. The molecule has 3 N–H and O–H groups in total. The summed E-state index contributed by atoms with van der Waals surface area (Å²) >= 11 is 0. The first-order chi connectivity index (χ1) is 42.3. The molecule has 0 saturated heterocycles. The van der Waals surface area contributed by atoms with Crippen molar-refractivity contribution in [2.45, 2.75) is 362 Å². The minimum atomic E-state index is -4.95. The van der Waals surface area contributed by atoms with Crippen LogP contribution in [0.3, 0.4) is 0 Å². The van der Waals surface area contributed by atoms with E-state index in [0.29, 0.717) is 31.6 Å². The lowest BCUT2D eigenvalue weighted by molar-refractivity contribution is -0.161. The topological polar surface area (TPSA) is 237 Å². The van der Waals surface area contributed by atoms with E-state index in [0.717, 1.165) is 108 Å². The standard InChI is InChI=1S/C69H134O17P2/c1-8-10-11-12-13-14-15-20-23-28-36-43-50-66(71)79-56-64(85-68(73)52-45-38-29-24-21-18-16-17-19-22-26-33-40-47-60(3)4)58-83-87(75,76)81-54-63(70)55-82-88(77,78)84-59-65(86-69(74)53-46-39-30-25-27-34-41-48-61(5)6)57-80-67(72)51-44-37-32-31-35-42-49-62(7)9-2/h60-65,70H,8-59H2,1-7H3,(H,75,76)(H,77,78)/t62?,63-,64-,65-/m1/s1. The molecule has 88 heavy (non-hydrogen) atoms. The number of aliphatic hydroxyl groups excluding tert-OH is 1. The number of carbonyl (C=O) groups is 4.